The maximum Gasteiger partial charge on any atom is 0.250 e. The molecule has 0 aliphatic rings. The first kappa shape index (κ1) is 14.5. The van der Waals surface area contributed by atoms with Crippen molar-refractivity contribution in [1.82, 2.24) is 4.98 Å². The van der Waals surface area contributed by atoms with Crippen LogP contribution in [-0.4, -0.2) is 31.2 Å². The number of thiazole rings is 1. The molecule has 2 rings (SSSR count). The Bertz CT molecular complexity index is 583. The van der Waals surface area contributed by atoms with Crippen LogP contribution in [0.1, 0.15) is 6.92 Å². The van der Waals surface area contributed by atoms with Gasteiger partial charge in [0.2, 0.25) is 5.91 Å². The van der Waals surface area contributed by atoms with E-state index >= 15 is 0 Å². The Labute approximate surface area is 122 Å². The van der Waals surface area contributed by atoms with E-state index in [4.69, 9.17) is 4.74 Å². The average molecular weight is 291 g/mol. The third kappa shape index (κ3) is 3.79. The van der Waals surface area contributed by atoms with Gasteiger partial charge in [0, 0.05) is 30.3 Å². The smallest absolute Gasteiger partial charge is 0.250 e. The van der Waals surface area contributed by atoms with Gasteiger partial charge in [0.15, 0.2) is 5.13 Å². The maximum atomic E-state index is 11.5. The van der Waals surface area contributed by atoms with E-state index in [0.29, 0.717) is 0 Å². The lowest BCUT2D eigenvalue weighted by Gasteiger charge is -2.05. The third-order valence-electron chi connectivity index (χ3n) is 2.55. The number of benzene rings is 1. The molecule has 1 heterocycles. The number of rotatable bonds is 6. The molecule has 0 fully saturated rings. The summed E-state index contributed by atoms with van der Waals surface area (Å²) in [7, 11) is 1.49. The van der Waals surface area contributed by atoms with Crippen LogP contribution in [0.4, 0.5) is 10.8 Å². The minimum atomic E-state index is -0.170. The number of hydrogen-bond donors (Lipinski definition) is 2. The topological polar surface area (TPSA) is 63.2 Å². The van der Waals surface area contributed by atoms with Crippen LogP contribution >= 0.6 is 11.3 Å². The highest BCUT2D eigenvalue weighted by molar-refractivity contribution is 7.14. The van der Waals surface area contributed by atoms with E-state index in [1.165, 1.54) is 7.11 Å². The number of aromatic nitrogens is 1. The van der Waals surface area contributed by atoms with Crippen LogP contribution in [0.25, 0.3) is 11.3 Å². The van der Waals surface area contributed by atoms with E-state index in [9.17, 15) is 4.79 Å². The highest BCUT2D eigenvalue weighted by Gasteiger charge is 2.06. The van der Waals surface area contributed by atoms with Crippen molar-refractivity contribution in [1.29, 1.82) is 0 Å². The van der Waals surface area contributed by atoms with Gasteiger partial charge in [0.05, 0.1) is 5.69 Å². The summed E-state index contributed by atoms with van der Waals surface area (Å²) in [6, 6.07) is 7.60. The lowest BCUT2D eigenvalue weighted by molar-refractivity contribution is -0.119. The first-order chi connectivity index (χ1) is 9.72. The predicted octanol–water partition coefficient (Wildman–Crippen LogP) is 2.83. The Morgan fingerprint density at radius 3 is 3.05 bits per heavy atom. The molecular formula is C14H17N3O2S. The minimum absolute atomic E-state index is 0.0471. The summed E-state index contributed by atoms with van der Waals surface area (Å²) in [5.74, 6) is -0.170. The summed E-state index contributed by atoms with van der Waals surface area (Å²) in [5, 5.41) is 8.86. The van der Waals surface area contributed by atoms with E-state index in [1.54, 1.807) is 11.3 Å². The standard InChI is InChI=1S/C14H17N3O2S/c1-3-15-14-17-12(9-20-14)10-5-4-6-11(7-10)16-13(18)8-19-2/h4-7,9H,3,8H2,1-2H3,(H,15,17)(H,16,18). The summed E-state index contributed by atoms with van der Waals surface area (Å²) in [6.07, 6.45) is 0. The number of nitrogens with zero attached hydrogens (tertiary/aromatic N) is 1. The highest BCUT2D eigenvalue weighted by Crippen LogP contribution is 2.26. The Balaban J connectivity index is 2.14. The quantitative estimate of drug-likeness (QED) is 0.859. The Kier molecular flexibility index (Phi) is 5.09. The Morgan fingerprint density at radius 2 is 2.30 bits per heavy atom. The van der Waals surface area contributed by atoms with E-state index in [0.717, 1.165) is 28.6 Å². The summed E-state index contributed by atoms with van der Waals surface area (Å²) in [5.41, 5.74) is 2.61. The number of anilines is 2. The van der Waals surface area contributed by atoms with Crippen molar-refractivity contribution in [2.24, 2.45) is 0 Å². The third-order valence-corrected chi connectivity index (χ3v) is 3.35. The van der Waals surface area contributed by atoms with Crippen LogP contribution in [0.3, 0.4) is 0 Å². The molecule has 1 amide bonds. The molecule has 0 bridgehead atoms. The zero-order chi connectivity index (χ0) is 14.4. The van der Waals surface area contributed by atoms with Crippen LogP contribution < -0.4 is 10.6 Å². The molecule has 5 nitrogen and oxygen atoms in total. The first-order valence-corrected chi connectivity index (χ1v) is 7.19. The fourth-order valence-corrected chi connectivity index (χ4v) is 2.51. The Morgan fingerprint density at radius 1 is 1.45 bits per heavy atom. The number of carbonyl (C=O) groups excluding carboxylic acids is 1. The molecular weight excluding hydrogens is 274 g/mol. The summed E-state index contributed by atoms with van der Waals surface area (Å²) in [4.78, 5) is 16.0. The second-order valence-corrected chi connectivity index (χ2v) is 4.99. The molecule has 2 N–H and O–H groups in total. The molecule has 0 saturated heterocycles. The second-order valence-electron chi connectivity index (χ2n) is 4.13. The van der Waals surface area contributed by atoms with E-state index in [1.807, 2.05) is 36.6 Å². The molecule has 0 spiro atoms. The van der Waals surface area contributed by atoms with Gasteiger partial charge >= 0.3 is 0 Å². The molecule has 0 atom stereocenters. The van der Waals surface area contributed by atoms with Crippen molar-refractivity contribution in [2.75, 3.05) is 30.9 Å². The SMILES string of the molecule is CCNc1nc(-c2cccc(NC(=O)COC)c2)cs1. The molecule has 0 aliphatic heterocycles. The van der Waals surface area contributed by atoms with Crippen LogP contribution in [0.5, 0.6) is 0 Å². The predicted molar refractivity (Wildman–Crippen MR) is 82.2 cm³/mol. The zero-order valence-electron chi connectivity index (χ0n) is 11.5. The molecule has 1 aromatic heterocycles. The fraction of sp³-hybridized carbons (Fsp3) is 0.286. The normalized spacial score (nSPS) is 10.3. The first-order valence-electron chi connectivity index (χ1n) is 6.31. The van der Waals surface area contributed by atoms with Gasteiger partial charge in [-0.2, -0.15) is 0 Å². The number of methoxy groups -OCH3 is 1. The summed E-state index contributed by atoms with van der Waals surface area (Å²) < 4.78 is 4.79. The summed E-state index contributed by atoms with van der Waals surface area (Å²) >= 11 is 1.57. The average Bonchev–Trinajstić information content (AvgIpc) is 2.88. The molecule has 106 valence electrons. The van der Waals surface area contributed by atoms with Gasteiger partial charge in [-0.1, -0.05) is 12.1 Å². The summed E-state index contributed by atoms with van der Waals surface area (Å²) in [6.45, 7) is 2.93. The maximum absolute atomic E-state index is 11.5. The van der Waals surface area contributed by atoms with Crippen molar-refractivity contribution in [2.45, 2.75) is 6.92 Å². The van der Waals surface area contributed by atoms with Crippen molar-refractivity contribution in [3.63, 3.8) is 0 Å². The van der Waals surface area contributed by atoms with E-state index in [-0.39, 0.29) is 12.5 Å². The van der Waals surface area contributed by atoms with Crippen LogP contribution in [0.2, 0.25) is 0 Å². The fourth-order valence-electron chi connectivity index (χ4n) is 1.72. The number of nitrogens with one attached hydrogen (secondary N) is 2. The van der Waals surface area contributed by atoms with Crippen molar-refractivity contribution >= 4 is 28.1 Å². The van der Waals surface area contributed by atoms with Gasteiger partial charge in [-0.05, 0) is 19.1 Å². The molecule has 6 heteroatoms. The van der Waals surface area contributed by atoms with Crippen molar-refractivity contribution < 1.29 is 9.53 Å². The monoisotopic (exact) mass is 291 g/mol. The van der Waals surface area contributed by atoms with Gasteiger partial charge in [0.25, 0.3) is 0 Å². The lowest BCUT2D eigenvalue weighted by Crippen LogP contribution is -2.16. The Hall–Kier alpha value is -1.92. The van der Waals surface area contributed by atoms with E-state index < -0.39 is 0 Å². The molecule has 2 aromatic rings. The minimum Gasteiger partial charge on any atom is -0.375 e. The zero-order valence-corrected chi connectivity index (χ0v) is 12.3. The number of amides is 1. The number of hydrogen-bond acceptors (Lipinski definition) is 5. The van der Waals surface area contributed by atoms with Crippen LogP contribution in [0.15, 0.2) is 29.6 Å². The molecule has 20 heavy (non-hydrogen) atoms. The van der Waals surface area contributed by atoms with Gasteiger partial charge in [-0.3, -0.25) is 4.79 Å². The number of ether oxygens (including phenoxy) is 1. The largest absolute Gasteiger partial charge is 0.375 e. The van der Waals surface area contributed by atoms with Gasteiger partial charge in [-0.25, -0.2) is 4.98 Å². The lowest BCUT2D eigenvalue weighted by atomic mass is 10.1. The molecule has 1 aromatic carbocycles. The van der Waals surface area contributed by atoms with Crippen molar-refractivity contribution in [3.05, 3.63) is 29.6 Å². The van der Waals surface area contributed by atoms with Gasteiger partial charge in [0.1, 0.15) is 6.61 Å². The van der Waals surface area contributed by atoms with Crippen LogP contribution in [0, 0.1) is 0 Å². The number of carbonyl (C=O) groups is 1. The van der Waals surface area contributed by atoms with Crippen molar-refractivity contribution in [3.8, 4) is 11.3 Å². The van der Waals surface area contributed by atoms with E-state index in [2.05, 4.69) is 15.6 Å². The second kappa shape index (κ2) is 7.02. The van der Waals surface area contributed by atoms with Crippen LogP contribution in [-0.2, 0) is 9.53 Å². The van der Waals surface area contributed by atoms with Gasteiger partial charge < -0.3 is 15.4 Å². The molecule has 0 aliphatic carbocycles. The van der Waals surface area contributed by atoms with Gasteiger partial charge in [-0.15, -0.1) is 11.3 Å². The molecule has 0 unspecified atom stereocenters. The highest BCUT2D eigenvalue weighted by atomic mass is 32.1. The molecule has 0 radical (unpaired) electrons. The molecule has 0 saturated carbocycles.